The minimum absolute atomic E-state index is 0.0320. The number of rotatable bonds is 4. The van der Waals surface area contributed by atoms with E-state index in [2.05, 4.69) is 17.1 Å². The second-order valence-electron chi connectivity index (χ2n) is 5.25. The summed E-state index contributed by atoms with van der Waals surface area (Å²) in [4.78, 5) is 14.4. The zero-order valence-electron chi connectivity index (χ0n) is 11.9. The van der Waals surface area contributed by atoms with Crippen LogP contribution in [0.5, 0.6) is 5.75 Å². The number of anilines is 2. The van der Waals surface area contributed by atoms with Gasteiger partial charge in [0.25, 0.3) is 0 Å². The van der Waals surface area contributed by atoms with E-state index in [1.165, 1.54) is 0 Å². The molecule has 1 saturated heterocycles. The smallest absolute Gasteiger partial charge is 0.247 e. The van der Waals surface area contributed by atoms with E-state index < -0.39 is 0 Å². The zero-order chi connectivity index (χ0) is 14.1. The SMILES string of the molecule is CCCOc1cccc2c1NC(=O)C1CC(OC)CN21. The molecule has 2 aliphatic heterocycles. The summed E-state index contributed by atoms with van der Waals surface area (Å²) in [5, 5.41) is 2.99. The van der Waals surface area contributed by atoms with Crippen molar-refractivity contribution in [2.45, 2.75) is 31.9 Å². The second kappa shape index (κ2) is 5.32. The molecule has 2 atom stereocenters. The quantitative estimate of drug-likeness (QED) is 0.914. The Morgan fingerprint density at radius 3 is 3.05 bits per heavy atom. The van der Waals surface area contributed by atoms with Crippen LogP contribution in [0.1, 0.15) is 19.8 Å². The highest BCUT2D eigenvalue weighted by Crippen LogP contribution is 2.42. The third-order valence-electron chi connectivity index (χ3n) is 3.92. The van der Waals surface area contributed by atoms with Crippen LogP contribution in [-0.2, 0) is 9.53 Å². The van der Waals surface area contributed by atoms with E-state index >= 15 is 0 Å². The summed E-state index contributed by atoms with van der Waals surface area (Å²) in [6.07, 6.45) is 1.79. The van der Waals surface area contributed by atoms with Gasteiger partial charge in [0.1, 0.15) is 17.5 Å². The Hall–Kier alpha value is -1.75. The summed E-state index contributed by atoms with van der Waals surface area (Å²) in [5.74, 6) is 0.779. The maximum absolute atomic E-state index is 12.3. The number of amides is 1. The Morgan fingerprint density at radius 2 is 2.30 bits per heavy atom. The highest BCUT2D eigenvalue weighted by Gasteiger charge is 2.41. The summed E-state index contributed by atoms with van der Waals surface area (Å²) < 4.78 is 11.1. The Labute approximate surface area is 118 Å². The number of fused-ring (bicyclic) bond motifs is 3. The van der Waals surface area contributed by atoms with Crippen molar-refractivity contribution in [2.24, 2.45) is 0 Å². The van der Waals surface area contributed by atoms with Crippen LogP contribution in [-0.4, -0.2) is 38.3 Å². The largest absolute Gasteiger partial charge is 0.491 e. The van der Waals surface area contributed by atoms with Crippen LogP contribution in [0.4, 0.5) is 11.4 Å². The van der Waals surface area contributed by atoms with Crippen molar-refractivity contribution < 1.29 is 14.3 Å². The lowest BCUT2D eigenvalue weighted by Gasteiger charge is -2.33. The van der Waals surface area contributed by atoms with Crippen molar-refractivity contribution in [1.29, 1.82) is 0 Å². The molecule has 1 fully saturated rings. The van der Waals surface area contributed by atoms with E-state index in [0.717, 1.165) is 36.5 Å². The van der Waals surface area contributed by atoms with Gasteiger partial charge in [-0.05, 0) is 18.6 Å². The average molecular weight is 276 g/mol. The molecule has 1 N–H and O–H groups in total. The van der Waals surface area contributed by atoms with Gasteiger partial charge in [0, 0.05) is 20.1 Å². The standard InChI is InChI=1S/C15H20N2O3/c1-3-7-20-13-6-4-5-11-14(13)16-15(18)12-8-10(19-2)9-17(11)12/h4-6,10,12H,3,7-9H2,1-2H3,(H,16,18). The van der Waals surface area contributed by atoms with Crippen molar-refractivity contribution >= 4 is 17.3 Å². The highest BCUT2D eigenvalue weighted by atomic mass is 16.5. The maximum Gasteiger partial charge on any atom is 0.247 e. The number of hydrogen-bond donors (Lipinski definition) is 1. The average Bonchev–Trinajstić information content (AvgIpc) is 2.90. The minimum Gasteiger partial charge on any atom is -0.491 e. The van der Waals surface area contributed by atoms with E-state index in [0.29, 0.717) is 6.61 Å². The molecule has 1 amide bonds. The molecule has 0 radical (unpaired) electrons. The van der Waals surface area contributed by atoms with Crippen molar-refractivity contribution in [3.63, 3.8) is 0 Å². The summed E-state index contributed by atoms with van der Waals surface area (Å²) >= 11 is 0. The number of carbonyl (C=O) groups excluding carboxylic acids is 1. The predicted molar refractivity (Wildman–Crippen MR) is 77.4 cm³/mol. The Kier molecular flexibility index (Phi) is 3.53. The van der Waals surface area contributed by atoms with Crippen LogP contribution >= 0.6 is 0 Å². The minimum atomic E-state index is -0.131. The fourth-order valence-electron chi connectivity index (χ4n) is 2.91. The Morgan fingerprint density at radius 1 is 1.45 bits per heavy atom. The third kappa shape index (κ3) is 2.12. The van der Waals surface area contributed by atoms with Gasteiger partial charge in [-0.15, -0.1) is 0 Å². The fraction of sp³-hybridized carbons (Fsp3) is 0.533. The number of ether oxygens (including phenoxy) is 2. The zero-order valence-corrected chi connectivity index (χ0v) is 11.9. The van der Waals surface area contributed by atoms with Gasteiger partial charge in [-0.25, -0.2) is 0 Å². The Bertz CT molecular complexity index is 518. The molecule has 2 heterocycles. The molecule has 108 valence electrons. The molecule has 0 aromatic heterocycles. The third-order valence-corrected chi connectivity index (χ3v) is 3.92. The van der Waals surface area contributed by atoms with Crippen molar-refractivity contribution in [1.82, 2.24) is 0 Å². The number of nitrogens with one attached hydrogen (secondary N) is 1. The lowest BCUT2D eigenvalue weighted by molar-refractivity contribution is -0.117. The highest BCUT2D eigenvalue weighted by molar-refractivity contribution is 6.05. The molecule has 20 heavy (non-hydrogen) atoms. The first-order valence-electron chi connectivity index (χ1n) is 7.10. The van der Waals surface area contributed by atoms with Gasteiger partial charge in [0.05, 0.1) is 18.4 Å². The summed E-state index contributed by atoms with van der Waals surface area (Å²) in [5.41, 5.74) is 1.82. The van der Waals surface area contributed by atoms with Gasteiger partial charge in [-0.3, -0.25) is 4.79 Å². The first kappa shape index (κ1) is 13.2. The maximum atomic E-state index is 12.3. The molecule has 1 aromatic carbocycles. The van der Waals surface area contributed by atoms with E-state index in [9.17, 15) is 4.79 Å². The number of methoxy groups -OCH3 is 1. The van der Waals surface area contributed by atoms with Gasteiger partial charge in [-0.2, -0.15) is 0 Å². The molecule has 0 aliphatic carbocycles. The molecule has 2 unspecified atom stereocenters. The number of hydrogen-bond acceptors (Lipinski definition) is 4. The summed E-state index contributed by atoms with van der Waals surface area (Å²) in [6.45, 7) is 3.46. The monoisotopic (exact) mass is 276 g/mol. The van der Waals surface area contributed by atoms with Crippen LogP contribution in [0.25, 0.3) is 0 Å². The number of benzene rings is 1. The second-order valence-corrected chi connectivity index (χ2v) is 5.25. The fourth-order valence-corrected chi connectivity index (χ4v) is 2.91. The molecular formula is C15H20N2O3. The summed E-state index contributed by atoms with van der Waals surface area (Å²) in [6, 6.07) is 5.77. The van der Waals surface area contributed by atoms with Crippen molar-refractivity contribution in [3.8, 4) is 5.75 Å². The topological polar surface area (TPSA) is 50.8 Å². The van der Waals surface area contributed by atoms with E-state index in [1.807, 2.05) is 18.2 Å². The first-order chi connectivity index (χ1) is 9.74. The van der Waals surface area contributed by atoms with Crippen LogP contribution in [0.15, 0.2) is 18.2 Å². The first-order valence-corrected chi connectivity index (χ1v) is 7.10. The van der Waals surface area contributed by atoms with Gasteiger partial charge in [0.2, 0.25) is 5.91 Å². The summed E-state index contributed by atoms with van der Waals surface area (Å²) in [7, 11) is 1.70. The van der Waals surface area contributed by atoms with Crippen LogP contribution in [0.2, 0.25) is 0 Å². The molecular weight excluding hydrogens is 256 g/mol. The van der Waals surface area contributed by atoms with Crippen LogP contribution < -0.4 is 15.0 Å². The molecule has 5 nitrogen and oxygen atoms in total. The van der Waals surface area contributed by atoms with Gasteiger partial charge in [0.15, 0.2) is 0 Å². The molecule has 0 bridgehead atoms. The van der Waals surface area contributed by atoms with Crippen molar-refractivity contribution in [2.75, 3.05) is 30.5 Å². The Balaban J connectivity index is 1.94. The number of para-hydroxylation sites is 1. The lowest BCUT2D eigenvalue weighted by Crippen LogP contribution is -2.44. The molecule has 3 rings (SSSR count). The molecule has 1 aromatic rings. The van der Waals surface area contributed by atoms with E-state index in [4.69, 9.17) is 9.47 Å². The normalized spacial score (nSPS) is 24.1. The molecule has 0 spiro atoms. The molecule has 0 saturated carbocycles. The van der Waals surface area contributed by atoms with Gasteiger partial charge in [-0.1, -0.05) is 13.0 Å². The lowest BCUT2D eigenvalue weighted by atomic mass is 10.1. The van der Waals surface area contributed by atoms with Crippen molar-refractivity contribution in [3.05, 3.63) is 18.2 Å². The predicted octanol–water partition coefficient (Wildman–Crippen LogP) is 2.02. The molecule has 2 aliphatic rings. The molecule has 5 heteroatoms. The van der Waals surface area contributed by atoms with E-state index in [-0.39, 0.29) is 18.1 Å². The van der Waals surface area contributed by atoms with Crippen LogP contribution in [0, 0.1) is 0 Å². The number of carbonyl (C=O) groups is 1. The van der Waals surface area contributed by atoms with Gasteiger partial charge < -0.3 is 19.7 Å². The van der Waals surface area contributed by atoms with Crippen LogP contribution in [0.3, 0.4) is 0 Å². The number of nitrogens with zero attached hydrogens (tertiary/aromatic N) is 1. The van der Waals surface area contributed by atoms with E-state index in [1.54, 1.807) is 7.11 Å². The van der Waals surface area contributed by atoms with Gasteiger partial charge >= 0.3 is 0 Å².